The standard InChI is InChI=1S/C26H41N3O4/c1-11-15-29(24(31)21(16(2)3)28-25(32)33-26(8,9)10)22(23(30)27-17(4)5)20-14-12-13-18(6)19(20)7/h11-14,16-17,21-22H,1,15H2,2-10H3,(H,27,30)(H,28,32). The molecule has 0 heterocycles. The van der Waals surface area contributed by atoms with Crippen LogP contribution in [-0.4, -0.2) is 47.0 Å². The van der Waals surface area contributed by atoms with Gasteiger partial charge in [0.1, 0.15) is 17.7 Å². The molecule has 0 radical (unpaired) electrons. The first-order valence-corrected chi connectivity index (χ1v) is 11.5. The monoisotopic (exact) mass is 459 g/mol. The normalized spacial score (nSPS) is 13.3. The number of nitrogens with zero attached hydrogens (tertiary/aromatic N) is 1. The van der Waals surface area contributed by atoms with Crippen LogP contribution in [0.2, 0.25) is 0 Å². The molecule has 0 fully saturated rings. The third-order valence-corrected chi connectivity index (χ3v) is 5.15. The smallest absolute Gasteiger partial charge is 0.408 e. The van der Waals surface area contributed by atoms with Gasteiger partial charge in [0.05, 0.1) is 0 Å². The van der Waals surface area contributed by atoms with Gasteiger partial charge in [-0.2, -0.15) is 0 Å². The summed E-state index contributed by atoms with van der Waals surface area (Å²) in [5.74, 6) is -0.890. The van der Waals surface area contributed by atoms with Crippen molar-refractivity contribution in [1.82, 2.24) is 15.5 Å². The SMILES string of the molecule is C=CCN(C(=O)C(NC(=O)OC(C)(C)C)C(C)C)C(C(=O)NC(C)C)c1cccc(C)c1C. The molecule has 0 aliphatic carbocycles. The molecular formula is C26H41N3O4. The maximum absolute atomic E-state index is 13.8. The average molecular weight is 460 g/mol. The number of hydrogen-bond acceptors (Lipinski definition) is 4. The number of aryl methyl sites for hydroxylation is 1. The highest BCUT2D eigenvalue weighted by molar-refractivity contribution is 5.92. The number of benzene rings is 1. The molecule has 2 atom stereocenters. The Morgan fingerprint density at radius 2 is 1.70 bits per heavy atom. The number of amides is 3. The summed E-state index contributed by atoms with van der Waals surface area (Å²) in [6.45, 7) is 20.6. The average Bonchev–Trinajstić information content (AvgIpc) is 2.66. The van der Waals surface area contributed by atoms with Crippen molar-refractivity contribution in [2.24, 2.45) is 5.92 Å². The van der Waals surface area contributed by atoms with Crippen molar-refractivity contribution in [2.75, 3.05) is 6.54 Å². The van der Waals surface area contributed by atoms with Crippen molar-refractivity contribution in [3.8, 4) is 0 Å². The Bertz CT molecular complexity index is 856. The molecule has 184 valence electrons. The number of nitrogens with one attached hydrogen (secondary N) is 2. The predicted molar refractivity (Wildman–Crippen MR) is 132 cm³/mol. The molecule has 0 aliphatic heterocycles. The first-order valence-electron chi connectivity index (χ1n) is 11.5. The minimum Gasteiger partial charge on any atom is -0.444 e. The summed E-state index contributed by atoms with van der Waals surface area (Å²) in [6, 6.07) is 3.85. The topological polar surface area (TPSA) is 87.7 Å². The van der Waals surface area contributed by atoms with E-state index in [1.54, 1.807) is 26.8 Å². The van der Waals surface area contributed by atoms with Gasteiger partial charge in [0.2, 0.25) is 11.8 Å². The van der Waals surface area contributed by atoms with E-state index in [0.717, 1.165) is 16.7 Å². The van der Waals surface area contributed by atoms with Gasteiger partial charge in [-0.3, -0.25) is 9.59 Å². The van der Waals surface area contributed by atoms with Gasteiger partial charge in [-0.05, 0) is 71.1 Å². The van der Waals surface area contributed by atoms with Crippen molar-refractivity contribution in [3.05, 3.63) is 47.5 Å². The third kappa shape index (κ3) is 8.22. The van der Waals surface area contributed by atoms with Crippen molar-refractivity contribution in [1.29, 1.82) is 0 Å². The molecule has 0 bridgehead atoms. The zero-order valence-electron chi connectivity index (χ0n) is 21.6. The van der Waals surface area contributed by atoms with Gasteiger partial charge in [0, 0.05) is 12.6 Å². The molecule has 0 aliphatic rings. The van der Waals surface area contributed by atoms with E-state index in [1.165, 1.54) is 4.90 Å². The van der Waals surface area contributed by atoms with Crippen LogP contribution in [0.3, 0.4) is 0 Å². The van der Waals surface area contributed by atoms with E-state index in [0.29, 0.717) is 0 Å². The van der Waals surface area contributed by atoms with Crippen molar-refractivity contribution in [3.63, 3.8) is 0 Å². The Morgan fingerprint density at radius 3 is 2.18 bits per heavy atom. The molecule has 2 N–H and O–H groups in total. The van der Waals surface area contributed by atoms with Gasteiger partial charge in [-0.25, -0.2) is 4.79 Å². The summed E-state index contributed by atoms with van der Waals surface area (Å²) in [7, 11) is 0. The molecule has 3 amide bonds. The Labute approximate surface area is 198 Å². The highest BCUT2D eigenvalue weighted by atomic mass is 16.6. The molecule has 0 aromatic heterocycles. The summed E-state index contributed by atoms with van der Waals surface area (Å²) in [6.07, 6.45) is 0.909. The zero-order valence-corrected chi connectivity index (χ0v) is 21.6. The van der Waals surface area contributed by atoms with Gasteiger partial charge in [-0.15, -0.1) is 6.58 Å². The first kappa shape index (κ1) is 28.2. The van der Waals surface area contributed by atoms with Crippen molar-refractivity contribution in [2.45, 2.75) is 86.0 Å². The van der Waals surface area contributed by atoms with E-state index in [1.807, 2.05) is 59.7 Å². The second-order valence-electron chi connectivity index (χ2n) is 10.0. The van der Waals surface area contributed by atoms with E-state index >= 15 is 0 Å². The fourth-order valence-corrected chi connectivity index (χ4v) is 3.47. The quantitative estimate of drug-likeness (QED) is 0.535. The molecule has 0 spiro atoms. The fourth-order valence-electron chi connectivity index (χ4n) is 3.47. The summed E-state index contributed by atoms with van der Waals surface area (Å²) in [5.41, 5.74) is 1.99. The van der Waals surface area contributed by atoms with Crippen LogP contribution in [0.4, 0.5) is 4.79 Å². The Balaban J connectivity index is 3.49. The molecule has 33 heavy (non-hydrogen) atoms. The Hall–Kier alpha value is -2.83. The summed E-state index contributed by atoms with van der Waals surface area (Å²) in [4.78, 5) is 41.1. The van der Waals surface area contributed by atoms with Crippen LogP contribution >= 0.6 is 0 Å². The minimum atomic E-state index is -0.876. The zero-order chi connectivity index (χ0) is 25.5. The van der Waals surface area contributed by atoms with E-state index in [-0.39, 0.29) is 30.3 Å². The number of carbonyl (C=O) groups is 3. The number of hydrogen-bond donors (Lipinski definition) is 2. The van der Waals surface area contributed by atoms with Gasteiger partial charge >= 0.3 is 6.09 Å². The largest absolute Gasteiger partial charge is 0.444 e. The van der Waals surface area contributed by atoms with Crippen LogP contribution in [-0.2, 0) is 14.3 Å². The van der Waals surface area contributed by atoms with Crippen LogP contribution in [0.5, 0.6) is 0 Å². The van der Waals surface area contributed by atoms with Crippen LogP contribution < -0.4 is 10.6 Å². The fraction of sp³-hybridized carbons (Fsp3) is 0.577. The molecule has 1 aromatic rings. The first-order chi connectivity index (χ1) is 15.2. The van der Waals surface area contributed by atoms with Crippen LogP contribution in [0, 0.1) is 19.8 Å². The molecule has 7 nitrogen and oxygen atoms in total. The number of carbonyl (C=O) groups excluding carboxylic acids is 3. The molecule has 1 rings (SSSR count). The maximum atomic E-state index is 13.8. The second kappa shape index (κ2) is 11.9. The molecule has 7 heteroatoms. The van der Waals surface area contributed by atoms with E-state index < -0.39 is 23.8 Å². The van der Waals surface area contributed by atoms with Gasteiger partial charge in [0.25, 0.3) is 0 Å². The van der Waals surface area contributed by atoms with E-state index in [2.05, 4.69) is 17.2 Å². The molecule has 1 aromatic carbocycles. The second-order valence-corrected chi connectivity index (χ2v) is 10.0. The van der Waals surface area contributed by atoms with Crippen LogP contribution in [0.15, 0.2) is 30.9 Å². The third-order valence-electron chi connectivity index (χ3n) is 5.15. The Morgan fingerprint density at radius 1 is 1.09 bits per heavy atom. The molecule has 2 unspecified atom stereocenters. The lowest BCUT2D eigenvalue weighted by molar-refractivity contribution is -0.142. The van der Waals surface area contributed by atoms with Gasteiger partial charge < -0.3 is 20.3 Å². The van der Waals surface area contributed by atoms with Gasteiger partial charge in [0.15, 0.2) is 0 Å². The van der Waals surface area contributed by atoms with Crippen LogP contribution in [0.25, 0.3) is 0 Å². The number of ether oxygens (including phenoxy) is 1. The lowest BCUT2D eigenvalue weighted by Crippen LogP contribution is -2.55. The predicted octanol–water partition coefficient (Wildman–Crippen LogP) is 4.43. The number of alkyl carbamates (subject to hydrolysis) is 1. The van der Waals surface area contributed by atoms with Crippen LogP contribution in [0.1, 0.15) is 71.2 Å². The highest BCUT2D eigenvalue weighted by Crippen LogP contribution is 2.28. The molecule has 0 saturated carbocycles. The van der Waals surface area contributed by atoms with E-state index in [4.69, 9.17) is 4.74 Å². The lowest BCUT2D eigenvalue weighted by Gasteiger charge is -2.36. The maximum Gasteiger partial charge on any atom is 0.408 e. The minimum absolute atomic E-state index is 0.105. The highest BCUT2D eigenvalue weighted by Gasteiger charge is 2.37. The lowest BCUT2D eigenvalue weighted by atomic mass is 9.94. The summed E-state index contributed by atoms with van der Waals surface area (Å²) >= 11 is 0. The number of rotatable bonds is 9. The molecule has 0 saturated heterocycles. The van der Waals surface area contributed by atoms with Crippen molar-refractivity contribution < 1.29 is 19.1 Å². The van der Waals surface area contributed by atoms with Gasteiger partial charge in [-0.1, -0.05) is 38.1 Å². The van der Waals surface area contributed by atoms with Crippen molar-refractivity contribution >= 4 is 17.9 Å². The summed E-state index contributed by atoms with van der Waals surface area (Å²) < 4.78 is 5.37. The van der Waals surface area contributed by atoms with E-state index in [9.17, 15) is 14.4 Å². The summed E-state index contributed by atoms with van der Waals surface area (Å²) in [5, 5.41) is 5.65. The molecular weight excluding hydrogens is 418 g/mol. The Kier molecular flexibility index (Phi) is 10.1.